The quantitative estimate of drug-likeness (QED) is 0.900. The fraction of sp³-hybridized carbons (Fsp3) is 0.294. The maximum Gasteiger partial charge on any atom is 0.120 e. The van der Waals surface area contributed by atoms with Crippen LogP contribution in [0.15, 0.2) is 48.5 Å². The van der Waals surface area contributed by atoms with Crippen molar-refractivity contribution in [1.29, 1.82) is 0 Å². The maximum atomic E-state index is 5.88. The second kappa shape index (κ2) is 5.45. The minimum absolute atomic E-state index is 0.482. The molecular weight excluding hydrogens is 234 g/mol. The van der Waals surface area contributed by atoms with Gasteiger partial charge in [0.1, 0.15) is 12.4 Å². The average Bonchev–Trinajstić information content (AvgIpc) is 2.88. The van der Waals surface area contributed by atoms with Crippen LogP contribution >= 0.6 is 0 Å². The highest BCUT2D eigenvalue weighted by Crippen LogP contribution is 2.33. The van der Waals surface area contributed by atoms with Gasteiger partial charge >= 0.3 is 0 Å². The van der Waals surface area contributed by atoms with E-state index in [2.05, 4.69) is 35.6 Å². The topological polar surface area (TPSA) is 21.3 Å². The van der Waals surface area contributed by atoms with Gasteiger partial charge in [0.25, 0.3) is 0 Å². The lowest BCUT2D eigenvalue weighted by atomic mass is 10.1. The van der Waals surface area contributed by atoms with Crippen molar-refractivity contribution < 1.29 is 4.74 Å². The number of hydrogen-bond donors (Lipinski definition) is 1. The maximum absolute atomic E-state index is 5.88. The first-order valence-corrected chi connectivity index (χ1v) is 6.83. The lowest BCUT2D eigenvalue weighted by molar-refractivity contribution is 0.305. The summed E-state index contributed by atoms with van der Waals surface area (Å²) in [5.41, 5.74) is 4.05. The molecule has 0 amide bonds. The van der Waals surface area contributed by atoms with Crippen LogP contribution in [0.3, 0.4) is 0 Å². The van der Waals surface area contributed by atoms with E-state index in [4.69, 9.17) is 4.74 Å². The zero-order valence-corrected chi connectivity index (χ0v) is 11.2. The summed E-state index contributed by atoms with van der Waals surface area (Å²) in [6.07, 6.45) is 2.35. The molecule has 2 heteroatoms. The van der Waals surface area contributed by atoms with Crippen LogP contribution in [0.5, 0.6) is 5.75 Å². The summed E-state index contributed by atoms with van der Waals surface area (Å²) < 4.78 is 5.88. The molecule has 2 aromatic carbocycles. The van der Waals surface area contributed by atoms with Crippen LogP contribution in [0.4, 0.5) is 0 Å². The van der Waals surface area contributed by atoms with E-state index in [0.29, 0.717) is 12.6 Å². The van der Waals surface area contributed by atoms with Crippen molar-refractivity contribution in [3.8, 4) is 5.75 Å². The molecule has 0 spiro atoms. The molecule has 0 saturated carbocycles. The smallest absolute Gasteiger partial charge is 0.120 e. The third kappa shape index (κ3) is 2.64. The van der Waals surface area contributed by atoms with E-state index in [1.165, 1.54) is 29.5 Å². The van der Waals surface area contributed by atoms with E-state index in [-0.39, 0.29) is 0 Å². The first-order valence-electron chi connectivity index (χ1n) is 6.83. The van der Waals surface area contributed by atoms with Crippen LogP contribution in [-0.4, -0.2) is 7.05 Å². The van der Waals surface area contributed by atoms with Gasteiger partial charge in [-0.2, -0.15) is 0 Å². The van der Waals surface area contributed by atoms with E-state index in [1.807, 2.05) is 25.2 Å². The van der Waals surface area contributed by atoms with Gasteiger partial charge in [0.05, 0.1) is 0 Å². The Kier molecular flexibility index (Phi) is 3.51. The fourth-order valence-corrected chi connectivity index (χ4v) is 2.71. The number of rotatable bonds is 4. The third-order valence-corrected chi connectivity index (χ3v) is 3.79. The van der Waals surface area contributed by atoms with E-state index < -0.39 is 0 Å². The SMILES string of the molecule is CN[C@@H]1CCc2ccc(OCc3ccccc3)cc21. The predicted octanol–water partition coefficient (Wildman–Crippen LogP) is 3.47. The van der Waals surface area contributed by atoms with Crippen molar-refractivity contribution in [2.75, 3.05) is 7.05 Å². The molecule has 98 valence electrons. The molecule has 1 aliphatic rings. The minimum Gasteiger partial charge on any atom is -0.489 e. The summed E-state index contributed by atoms with van der Waals surface area (Å²) >= 11 is 0. The molecule has 1 aliphatic carbocycles. The molecule has 3 rings (SSSR count). The zero-order valence-electron chi connectivity index (χ0n) is 11.2. The van der Waals surface area contributed by atoms with Crippen LogP contribution in [0.25, 0.3) is 0 Å². The van der Waals surface area contributed by atoms with Crippen LogP contribution in [0, 0.1) is 0 Å². The summed E-state index contributed by atoms with van der Waals surface area (Å²) in [6, 6.07) is 17.2. The van der Waals surface area contributed by atoms with Gasteiger partial charge in [-0.05, 0) is 48.7 Å². The predicted molar refractivity (Wildman–Crippen MR) is 77.3 cm³/mol. The van der Waals surface area contributed by atoms with Crippen LogP contribution in [-0.2, 0) is 13.0 Å². The zero-order chi connectivity index (χ0) is 13.1. The molecule has 0 fully saturated rings. The molecule has 0 radical (unpaired) electrons. The largest absolute Gasteiger partial charge is 0.489 e. The Morgan fingerprint density at radius 2 is 2.00 bits per heavy atom. The highest BCUT2D eigenvalue weighted by atomic mass is 16.5. The Morgan fingerprint density at radius 3 is 2.79 bits per heavy atom. The average molecular weight is 253 g/mol. The number of nitrogens with one attached hydrogen (secondary N) is 1. The Balaban J connectivity index is 1.72. The molecule has 0 saturated heterocycles. The Morgan fingerprint density at radius 1 is 1.16 bits per heavy atom. The van der Waals surface area contributed by atoms with E-state index in [9.17, 15) is 0 Å². The van der Waals surface area contributed by atoms with Gasteiger partial charge in [0, 0.05) is 6.04 Å². The van der Waals surface area contributed by atoms with Crippen molar-refractivity contribution in [2.24, 2.45) is 0 Å². The third-order valence-electron chi connectivity index (χ3n) is 3.79. The molecular formula is C17H19NO. The summed E-state index contributed by atoms with van der Waals surface area (Å²) in [5.74, 6) is 0.963. The van der Waals surface area contributed by atoms with Gasteiger partial charge in [-0.25, -0.2) is 0 Å². The number of aryl methyl sites for hydroxylation is 1. The molecule has 0 aliphatic heterocycles. The number of benzene rings is 2. The van der Waals surface area contributed by atoms with Crippen molar-refractivity contribution >= 4 is 0 Å². The molecule has 19 heavy (non-hydrogen) atoms. The highest BCUT2D eigenvalue weighted by molar-refractivity contribution is 5.40. The molecule has 2 nitrogen and oxygen atoms in total. The lowest BCUT2D eigenvalue weighted by Crippen LogP contribution is -2.12. The van der Waals surface area contributed by atoms with Crippen LogP contribution < -0.4 is 10.1 Å². The Hall–Kier alpha value is -1.80. The van der Waals surface area contributed by atoms with Gasteiger partial charge in [0.2, 0.25) is 0 Å². The first kappa shape index (κ1) is 12.2. The minimum atomic E-state index is 0.482. The summed E-state index contributed by atoms with van der Waals surface area (Å²) in [5, 5.41) is 3.37. The Bertz CT molecular complexity index is 550. The monoisotopic (exact) mass is 253 g/mol. The number of ether oxygens (including phenoxy) is 1. The second-order valence-corrected chi connectivity index (χ2v) is 5.01. The molecule has 0 aromatic heterocycles. The molecule has 2 aromatic rings. The number of fused-ring (bicyclic) bond motifs is 1. The van der Waals surface area contributed by atoms with E-state index >= 15 is 0 Å². The summed E-state index contributed by atoms with van der Waals surface area (Å²) in [7, 11) is 2.03. The molecule has 0 unspecified atom stereocenters. The molecule has 1 N–H and O–H groups in total. The van der Waals surface area contributed by atoms with Crippen molar-refractivity contribution in [1.82, 2.24) is 5.32 Å². The van der Waals surface area contributed by atoms with Crippen molar-refractivity contribution in [3.63, 3.8) is 0 Å². The standard InChI is InChI=1S/C17H19NO/c1-18-17-10-8-14-7-9-15(11-16(14)17)19-12-13-5-3-2-4-6-13/h2-7,9,11,17-18H,8,10,12H2,1H3/t17-/m1/s1. The molecule has 0 heterocycles. The number of hydrogen-bond acceptors (Lipinski definition) is 2. The van der Waals surface area contributed by atoms with Gasteiger partial charge in [0.15, 0.2) is 0 Å². The molecule has 1 atom stereocenters. The van der Waals surface area contributed by atoms with Gasteiger partial charge in [-0.15, -0.1) is 0 Å². The lowest BCUT2D eigenvalue weighted by Gasteiger charge is -2.12. The highest BCUT2D eigenvalue weighted by Gasteiger charge is 2.21. The Labute approximate surface area is 114 Å². The van der Waals surface area contributed by atoms with Crippen LogP contribution in [0.1, 0.15) is 29.2 Å². The van der Waals surface area contributed by atoms with Gasteiger partial charge in [-0.3, -0.25) is 0 Å². The summed E-state index contributed by atoms with van der Waals surface area (Å²) in [6.45, 7) is 0.629. The summed E-state index contributed by atoms with van der Waals surface area (Å²) in [4.78, 5) is 0. The van der Waals surface area contributed by atoms with Crippen molar-refractivity contribution in [3.05, 3.63) is 65.2 Å². The van der Waals surface area contributed by atoms with E-state index in [0.717, 1.165) is 5.75 Å². The first-order chi connectivity index (χ1) is 9.36. The fourth-order valence-electron chi connectivity index (χ4n) is 2.71. The van der Waals surface area contributed by atoms with Crippen molar-refractivity contribution in [2.45, 2.75) is 25.5 Å². The normalized spacial score (nSPS) is 17.2. The van der Waals surface area contributed by atoms with E-state index in [1.54, 1.807) is 0 Å². The second-order valence-electron chi connectivity index (χ2n) is 5.01. The van der Waals surface area contributed by atoms with Gasteiger partial charge in [-0.1, -0.05) is 36.4 Å². The van der Waals surface area contributed by atoms with Gasteiger partial charge < -0.3 is 10.1 Å². The molecule has 0 bridgehead atoms. The van der Waals surface area contributed by atoms with Crippen LogP contribution in [0.2, 0.25) is 0 Å².